The molecule has 0 saturated heterocycles. The Morgan fingerprint density at radius 1 is 1.28 bits per heavy atom. The summed E-state index contributed by atoms with van der Waals surface area (Å²) in [5, 5.41) is 12.2. The van der Waals surface area contributed by atoms with Crippen molar-refractivity contribution in [2.45, 2.75) is 23.9 Å². The largest absolute Gasteiger partial charge is 0.497 e. The number of nitrogens with zero attached hydrogens (tertiary/aromatic N) is 4. The first-order valence-corrected chi connectivity index (χ1v) is 9.75. The molecule has 132 valence electrons. The number of benzene rings is 1. The second kappa shape index (κ2) is 8.98. The maximum Gasteiger partial charge on any atom is 0.191 e. The van der Waals surface area contributed by atoms with Crippen LogP contribution in [0.15, 0.2) is 41.1 Å². The maximum atomic E-state index is 5.28. The highest BCUT2D eigenvalue weighted by atomic mass is 32.2. The zero-order chi connectivity index (χ0) is 17.5. The molecule has 0 aliphatic rings. The zero-order valence-corrected chi connectivity index (χ0v) is 15.8. The fourth-order valence-electron chi connectivity index (χ4n) is 2.29. The minimum Gasteiger partial charge on any atom is -0.497 e. The van der Waals surface area contributed by atoms with Crippen molar-refractivity contribution < 1.29 is 9.47 Å². The Bertz CT molecular complexity index is 803. The van der Waals surface area contributed by atoms with E-state index in [1.165, 1.54) is 0 Å². The molecule has 0 spiro atoms. The summed E-state index contributed by atoms with van der Waals surface area (Å²) in [4.78, 5) is 4.73. The van der Waals surface area contributed by atoms with Crippen molar-refractivity contribution in [3.8, 4) is 16.3 Å². The second-order valence-electron chi connectivity index (χ2n) is 5.32. The highest BCUT2D eigenvalue weighted by Gasteiger charge is 2.09. The molecule has 0 unspecified atom stereocenters. The standard InChI is InChI=1S/C17H20N4O2S2/c1-22-8-4-7-21-12-18-20-17(21)25-11-14-10-24-16(19-14)13-5-3-6-15(9-13)23-2/h3,5-6,9-10,12H,4,7-8,11H2,1-2H3. The fourth-order valence-corrected chi connectivity index (χ4v) is 4.05. The van der Waals surface area contributed by atoms with Gasteiger partial charge in [0.2, 0.25) is 0 Å². The summed E-state index contributed by atoms with van der Waals surface area (Å²) in [7, 11) is 3.38. The van der Waals surface area contributed by atoms with Gasteiger partial charge in [-0.2, -0.15) is 0 Å². The molecule has 0 fully saturated rings. The van der Waals surface area contributed by atoms with Gasteiger partial charge in [-0.15, -0.1) is 21.5 Å². The topological polar surface area (TPSA) is 62.1 Å². The summed E-state index contributed by atoms with van der Waals surface area (Å²) in [5.41, 5.74) is 2.11. The van der Waals surface area contributed by atoms with E-state index < -0.39 is 0 Å². The molecule has 25 heavy (non-hydrogen) atoms. The summed E-state index contributed by atoms with van der Waals surface area (Å²) >= 11 is 3.29. The lowest BCUT2D eigenvalue weighted by atomic mass is 10.2. The highest BCUT2D eigenvalue weighted by molar-refractivity contribution is 7.98. The van der Waals surface area contributed by atoms with Crippen LogP contribution in [-0.4, -0.2) is 40.6 Å². The molecule has 0 saturated carbocycles. The van der Waals surface area contributed by atoms with E-state index in [1.807, 2.05) is 24.3 Å². The summed E-state index contributed by atoms with van der Waals surface area (Å²) in [6.07, 6.45) is 2.71. The monoisotopic (exact) mass is 376 g/mol. The van der Waals surface area contributed by atoms with Crippen molar-refractivity contribution in [2.75, 3.05) is 20.8 Å². The molecule has 0 aliphatic carbocycles. The van der Waals surface area contributed by atoms with Crippen LogP contribution in [0.3, 0.4) is 0 Å². The molecule has 3 rings (SSSR count). The Kier molecular flexibility index (Phi) is 6.43. The van der Waals surface area contributed by atoms with E-state index in [0.717, 1.165) is 52.5 Å². The van der Waals surface area contributed by atoms with Crippen molar-refractivity contribution in [3.63, 3.8) is 0 Å². The zero-order valence-electron chi connectivity index (χ0n) is 14.2. The molecule has 8 heteroatoms. The van der Waals surface area contributed by atoms with Crippen LogP contribution in [-0.2, 0) is 17.0 Å². The fraction of sp³-hybridized carbons (Fsp3) is 0.353. The van der Waals surface area contributed by atoms with Gasteiger partial charge in [-0.25, -0.2) is 4.98 Å². The molecule has 0 amide bonds. The molecule has 3 aromatic rings. The van der Waals surface area contributed by atoms with Crippen LogP contribution >= 0.6 is 23.1 Å². The Hall–Kier alpha value is -1.90. The molecule has 0 radical (unpaired) electrons. The van der Waals surface area contributed by atoms with Crippen molar-refractivity contribution >= 4 is 23.1 Å². The third-order valence-corrected chi connectivity index (χ3v) is 5.50. The van der Waals surface area contributed by atoms with Gasteiger partial charge in [-0.05, 0) is 18.6 Å². The highest BCUT2D eigenvalue weighted by Crippen LogP contribution is 2.29. The Balaban J connectivity index is 1.61. The summed E-state index contributed by atoms with van der Waals surface area (Å²) in [5.74, 6) is 1.61. The van der Waals surface area contributed by atoms with E-state index in [9.17, 15) is 0 Å². The van der Waals surface area contributed by atoms with Gasteiger partial charge < -0.3 is 14.0 Å². The quantitative estimate of drug-likeness (QED) is 0.419. The number of methoxy groups -OCH3 is 2. The van der Waals surface area contributed by atoms with Crippen LogP contribution in [0.4, 0.5) is 0 Å². The van der Waals surface area contributed by atoms with E-state index >= 15 is 0 Å². The van der Waals surface area contributed by atoms with Gasteiger partial charge in [0.25, 0.3) is 0 Å². The van der Waals surface area contributed by atoms with Gasteiger partial charge in [-0.1, -0.05) is 23.9 Å². The third kappa shape index (κ3) is 4.81. The predicted molar refractivity (Wildman–Crippen MR) is 100 cm³/mol. The Morgan fingerprint density at radius 3 is 3.04 bits per heavy atom. The molecular weight excluding hydrogens is 356 g/mol. The Morgan fingerprint density at radius 2 is 2.20 bits per heavy atom. The molecule has 2 heterocycles. The molecule has 6 nitrogen and oxygen atoms in total. The lowest BCUT2D eigenvalue weighted by Crippen LogP contribution is -2.02. The van der Waals surface area contributed by atoms with E-state index in [-0.39, 0.29) is 0 Å². The predicted octanol–water partition coefficient (Wildman–Crippen LogP) is 3.74. The normalized spacial score (nSPS) is 11.0. The van der Waals surface area contributed by atoms with Crippen molar-refractivity contribution in [1.82, 2.24) is 19.7 Å². The number of aromatic nitrogens is 4. The van der Waals surface area contributed by atoms with Gasteiger partial charge in [-0.3, -0.25) is 0 Å². The molecule has 0 atom stereocenters. The summed E-state index contributed by atoms with van der Waals surface area (Å²) in [6, 6.07) is 7.96. The number of thiazole rings is 1. The molecule has 0 bridgehead atoms. The minimum atomic E-state index is 0.734. The van der Waals surface area contributed by atoms with E-state index in [1.54, 1.807) is 43.6 Å². The summed E-state index contributed by atoms with van der Waals surface area (Å²) in [6.45, 7) is 1.59. The second-order valence-corrected chi connectivity index (χ2v) is 7.12. The number of aryl methyl sites for hydroxylation is 1. The minimum absolute atomic E-state index is 0.734. The number of rotatable bonds is 9. The van der Waals surface area contributed by atoms with Gasteiger partial charge in [0.1, 0.15) is 17.1 Å². The van der Waals surface area contributed by atoms with E-state index in [2.05, 4.69) is 20.1 Å². The number of ether oxygens (including phenoxy) is 2. The van der Waals surface area contributed by atoms with E-state index in [0.29, 0.717) is 0 Å². The number of hydrogen-bond donors (Lipinski definition) is 0. The van der Waals surface area contributed by atoms with Crippen LogP contribution in [0.25, 0.3) is 10.6 Å². The molecule has 0 N–H and O–H groups in total. The SMILES string of the molecule is COCCCn1cnnc1SCc1csc(-c2cccc(OC)c2)n1. The van der Waals surface area contributed by atoms with Crippen LogP contribution in [0.5, 0.6) is 5.75 Å². The number of thioether (sulfide) groups is 1. The van der Waals surface area contributed by atoms with Crippen LogP contribution in [0.1, 0.15) is 12.1 Å². The molecule has 2 aromatic heterocycles. The van der Waals surface area contributed by atoms with Crippen molar-refractivity contribution in [3.05, 3.63) is 41.7 Å². The number of hydrogen-bond acceptors (Lipinski definition) is 7. The van der Waals surface area contributed by atoms with Gasteiger partial charge in [0.05, 0.1) is 12.8 Å². The van der Waals surface area contributed by atoms with Crippen LogP contribution in [0.2, 0.25) is 0 Å². The first-order valence-electron chi connectivity index (χ1n) is 7.88. The maximum absolute atomic E-state index is 5.28. The first kappa shape index (κ1) is 17.9. The molecular formula is C17H20N4O2S2. The average Bonchev–Trinajstić information content (AvgIpc) is 3.29. The third-order valence-electron chi connectivity index (χ3n) is 3.55. The average molecular weight is 377 g/mol. The lowest BCUT2D eigenvalue weighted by molar-refractivity contribution is 0.189. The smallest absolute Gasteiger partial charge is 0.191 e. The summed E-state index contributed by atoms with van der Waals surface area (Å²) < 4.78 is 12.4. The van der Waals surface area contributed by atoms with Crippen LogP contribution < -0.4 is 4.74 Å². The van der Waals surface area contributed by atoms with Crippen LogP contribution in [0, 0.1) is 0 Å². The van der Waals surface area contributed by atoms with Gasteiger partial charge in [0.15, 0.2) is 5.16 Å². The molecule has 1 aromatic carbocycles. The van der Waals surface area contributed by atoms with E-state index in [4.69, 9.17) is 14.5 Å². The van der Waals surface area contributed by atoms with Crippen molar-refractivity contribution in [1.29, 1.82) is 0 Å². The molecule has 0 aliphatic heterocycles. The van der Waals surface area contributed by atoms with Gasteiger partial charge in [0, 0.05) is 37.0 Å². The Labute approximate surface area is 155 Å². The van der Waals surface area contributed by atoms with Crippen molar-refractivity contribution in [2.24, 2.45) is 0 Å². The first-order chi connectivity index (χ1) is 12.3. The lowest BCUT2D eigenvalue weighted by Gasteiger charge is -2.04. The van der Waals surface area contributed by atoms with Gasteiger partial charge >= 0.3 is 0 Å².